The Bertz CT molecular complexity index is 529. The Morgan fingerprint density at radius 2 is 2.05 bits per heavy atom. The average Bonchev–Trinajstić information content (AvgIpc) is 2.45. The van der Waals surface area contributed by atoms with Crippen molar-refractivity contribution in [1.82, 2.24) is 4.31 Å². The molecule has 4 nitrogen and oxygen atoms in total. The number of nitrogens with two attached hydrogens (primary N) is 1. The molecule has 1 heterocycles. The van der Waals surface area contributed by atoms with Crippen molar-refractivity contribution >= 4 is 21.8 Å². The van der Waals surface area contributed by atoms with Gasteiger partial charge in [-0.05, 0) is 36.5 Å². The molecular weight excluding hydrogens is 292 g/mol. The number of nitrogens with zero attached hydrogens (tertiary/aromatic N) is 1. The molecule has 112 valence electrons. The van der Waals surface area contributed by atoms with Gasteiger partial charge in [0.05, 0.1) is 6.26 Å². The van der Waals surface area contributed by atoms with E-state index in [1.54, 1.807) is 16.1 Å². The van der Waals surface area contributed by atoms with Gasteiger partial charge in [-0.1, -0.05) is 12.1 Å². The molecule has 0 aliphatic carbocycles. The zero-order chi connectivity index (χ0) is 14.6. The Balaban J connectivity index is 1.87. The fourth-order valence-electron chi connectivity index (χ4n) is 2.40. The summed E-state index contributed by atoms with van der Waals surface area (Å²) in [5.41, 5.74) is 6.71. The van der Waals surface area contributed by atoms with E-state index in [9.17, 15) is 8.42 Å². The van der Waals surface area contributed by atoms with E-state index in [1.165, 1.54) is 11.2 Å². The van der Waals surface area contributed by atoms with Crippen molar-refractivity contribution in [3.63, 3.8) is 0 Å². The van der Waals surface area contributed by atoms with Crippen LogP contribution >= 0.6 is 11.8 Å². The number of benzene rings is 1. The molecule has 2 N–H and O–H groups in total. The summed E-state index contributed by atoms with van der Waals surface area (Å²) in [4.78, 5) is 1.22. The zero-order valence-electron chi connectivity index (χ0n) is 11.8. The van der Waals surface area contributed by atoms with E-state index in [-0.39, 0.29) is 0 Å². The molecule has 1 unspecified atom stereocenters. The van der Waals surface area contributed by atoms with E-state index in [2.05, 4.69) is 12.1 Å². The summed E-state index contributed by atoms with van der Waals surface area (Å²) < 4.78 is 24.8. The highest BCUT2D eigenvalue weighted by Gasteiger charge is 2.25. The van der Waals surface area contributed by atoms with Gasteiger partial charge in [0.2, 0.25) is 10.0 Å². The van der Waals surface area contributed by atoms with E-state index < -0.39 is 10.0 Å². The van der Waals surface area contributed by atoms with Crippen LogP contribution in [-0.2, 0) is 16.6 Å². The first-order chi connectivity index (χ1) is 9.49. The molecule has 1 atom stereocenters. The van der Waals surface area contributed by atoms with Crippen LogP contribution in [0.5, 0.6) is 0 Å². The van der Waals surface area contributed by atoms with Crippen LogP contribution in [0.15, 0.2) is 29.2 Å². The Kier molecular flexibility index (Phi) is 5.49. The van der Waals surface area contributed by atoms with Crippen LogP contribution in [0, 0.1) is 5.92 Å². The average molecular weight is 314 g/mol. The first kappa shape index (κ1) is 15.8. The number of sulfonamides is 1. The molecule has 20 heavy (non-hydrogen) atoms. The van der Waals surface area contributed by atoms with Gasteiger partial charge in [-0.25, -0.2) is 12.7 Å². The SMILES string of the molecule is CS(=O)(=O)N1CCCC(CSc2ccc(CN)cc2)C1. The number of hydrogen-bond donors (Lipinski definition) is 1. The van der Waals surface area contributed by atoms with Crippen molar-refractivity contribution in [2.45, 2.75) is 24.3 Å². The van der Waals surface area contributed by atoms with E-state index in [0.717, 1.165) is 24.2 Å². The summed E-state index contributed by atoms with van der Waals surface area (Å²) in [6.45, 7) is 1.90. The van der Waals surface area contributed by atoms with Crippen LogP contribution in [0.4, 0.5) is 0 Å². The molecule has 1 aromatic rings. The highest BCUT2D eigenvalue weighted by molar-refractivity contribution is 7.99. The van der Waals surface area contributed by atoms with Crippen LogP contribution in [0.25, 0.3) is 0 Å². The lowest BCUT2D eigenvalue weighted by molar-refractivity contribution is 0.286. The maximum absolute atomic E-state index is 11.6. The number of hydrogen-bond acceptors (Lipinski definition) is 4. The molecule has 0 radical (unpaired) electrons. The second-order valence-corrected chi connectivity index (χ2v) is 8.36. The Labute approximate surface area is 125 Å². The van der Waals surface area contributed by atoms with E-state index in [0.29, 0.717) is 25.6 Å². The lowest BCUT2D eigenvalue weighted by Gasteiger charge is -2.30. The van der Waals surface area contributed by atoms with Crippen LogP contribution < -0.4 is 5.73 Å². The second kappa shape index (κ2) is 6.93. The van der Waals surface area contributed by atoms with Crippen molar-refractivity contribution in [1.29, 1.82) is 0 Å². The molecular formula is C14H22N2O2S2. The van der Waals surface area contributed by atoms with Crippen molar-refractivity contribution in [2.24, 2.45) is 11.7 Å². The van der Waals surface area contributed by atoms with Crippen LogP contribution in [-0.4, -0.2) is 37.8 Å². The Morgan fingerprint density at radius 3 is 2.65 bits per heavy atom. The second-order valence-electron chi connectivity index (χ2n) is 5.29. The fraction of sp³-hybridized carbons (Fsp3) is 0.571. The molecule has 0 bridgehead atoms. The summed E-state index contributed by atoms with van der Waals surface area (Å²) in [6, 6.07) is 8.27. The lowest BCUT2D eigenvalue weighted by atomic mass is 10.0. The molecule has 0 saturated carbocycles. The van der Waals surface area contributed by atoms with Crippen molar-refractivity contribution in [3.05, 3.63) is 29.8 Å². The minimum absolute atomic E-state index is 0.442. The number of piperidine rings is 1. The van der Waals surface area contributed by atoms with Gasteiger partial charge in [0.1, 0.15) is 0 Å². The van der Waals surface area contributed by atoms with Gasteiger partial charge in [0.15, 0.2) is 0 Å². The quantitative estimate of drug-likeness (QED) is 0.843. The third-order valence-electron chi connectivity index (χ3n) is 3.60. The summed E-state index contributed by atoms with van der Waals surface area (Å²) in [7, 11) is -3.04. The van der Waals surface area contributed by atoms with Gasteiger partial charge < -0.3 is 5.73 Å². The lowest BCUT2D eigenvalue weighted by Crippen LogP contribution is -2.39. The molecule has 1 fully saturated rings. The van der Waals surface area contributed by atoms with Gasteiger partial charge in [0, 0.05) is 30.3 Å². The number of thioether (sulfide) groups is 1. The maximum atomic E-state index is 11.6. The van der Waals surface area contributed by atoms with E-state index >= 15 is 0 Å². The largest absolute Gasteiger partial charge is 0.326 e. The summed E-state index contributed by atoms with van der Waals surface area (Å²) in [6.07, 6.45) is 3.37. The molecule has 1 aromatic carbocycles. The van der Waals surface area contributed by atoms with Crippen LogP contribution in [0.1, 0.15) is 18.4 Å². The van der Waals surface area contributed by atoms with Crippen molar-refractivity contribution in [2.75, 3.05) is 25.1 Å². The smallest absolute Gasteiger partial charge is 0.211 e. The van der Waals surface area contributed by atoms with Gasteiger partial charge in [0.25, 0.3) is 0 Å². The molecule has 1 aliphatic rings. The summed E-state index contributed by atoms with van der Waals surface area (Å²) in [5, 5.41) is 0. The standard InChI is InChI=1S/C14H22N2O2S2/c1-20(17,18)16-8-2-3-13(10-16)11-19-14-6-4-12(9-15)5-7-14/h4-7,13H,2-3,8-11,15H2,1H3. The monoisotopic (exact) mass is 314 g/mol. The fourth-order valence-corrected chi connectivity index (χ4v) is 4.37. The van der Waals surface area contributed by atoms with Crippen LogP contribution in [0.3, 0.4) is 0 Å². The van der Waals surface area contributed by atoms with Crippen LogP contribution in [0.2, 0.25) is 0 Å². The predicted molar refractivity (Wildman–Crippen MR) is 84.2 cm³/mol. The first-order valence-electron chi connectivity index (χ1n) is 6.86. The molecule has 0 spiro atoms. The normalized spacial score (nSPS) is 21.0. The summed E-state index contributed by atoms with van der Waals surface area (Å²) in [5.74, 6) is 1.41. The topological polar surface area (TPSA) is 63.4 Å². The highest BCUT2D eigenvalue weighted by Crippen LogP contribution is 2.26. The molecule has 6 heteroatoms. The third-order valence-corrected chi connectivity index (χ3v) is 6.11. The Hall–Kier alpha value is -0.560. The van der Waals surface area contributed by atoms with Crippen molar-refractivity contribution < 1.29 is 8.42 Å². The summed E-state index contributed by atoms with van der Waals surface area (Å²) >= 11 is 1.80. The Morgan fingerprint density at radius 1 is 1.35 bits per heavy atom. The molecule has 0 aromatic heterocycles. The minimum Gasteiger partial charge on any atom is -0.326 e. The number of rotatable bonds is 5. The van der Waals surface area contributed by atoms with Gasteiger partial charge in [-0.3, -0.25) is 0 Å². The minimum atomic E-state index is -3.04. The van der Waals surface area contributed by atoms with Gasteiger partial charge in [-0.2, -0.15) is 0 Å². The maximum Gasteiger partial charge on any atom is 0.211 e. The van der Waals surface area contributed by atoms with Crippen molar-refractivity contribution in [3.8, 4) is 0 Å². The highest BCUT2D eigenvalue weighted by atomic mass is 32.2. The van der Waals surface area contributed by atoms with E-state index in [4.69, 9.17) is 5.73 Å². The van der Waals surface area contributed by atoms with Gasteiger partial charge >= 0.3 is 0 Å². The molecule has 1 saturated heterocycles. The molecule has 2 rings (SSSR count). The molecule has 1 aliphatic heterocycles. The zero-order valence-corrected chi connectivity index (χ0v) is 13.4. The first-order valence-corrected chi connectivity index (χ1v) is 9.69. The van der Waals surface area contributed by atoms with Gasteiger partial charge in [-0.15, -0.1) is 11.8 Å². The predicted octanol–water partition coefficient (Wildman–Crippen LogP) is 1.91. The molecule has 0 amide bonds. The third kappa shape index (κ3) is 4.48. The van der Waals surface area contributed by atoms with E-state index in [1.807, 2.05) is 12.1 Å².